The van der Waals surface area contributed by atoms with Crippen LogP contribution in [0.25, 0.3) is 5.69 Å². The van der Waals surface area contributed by atoms with Gasteiger partial charge in [0.05, 0.1) is 24.7 Å². The highest BCUT2D eigenvalue weighted by molar-refractivity contribution is 7.99. The first kappa shape index (κ1) is 23.0. The fraction of sp³-hybridized carbons (Fsp3) is 0.318. The van der Waals surface area contributed by atoms with E-state index in [0.29, 0.717) is 36.4 Å². The Bertz CT molecular complexity index is 1010. The van der Waals surface area contributed by atoms with E-state index in [-0.39, 0.29) is 11.7 Å². The van der Waals surface area contributed by atoms with Crippen molar-refractivity contribution in [1.29, 1.82) is 0 Å². The molecule has 7 nitrogen and oxygen atoms in total. The third-order valence-corrected chi connectivity index (χ3v) is 5.46. The van der Waals surface area contributed by atoms with Gasteiger partial charge in [0.2, 0.25) is 5.91 Å². The van der Waals surface area contributed by atoms with Gasteiger partial charge in [0, 0.05) is 11.6 Å². The zero-order valence-electron chi connectivity index (χ0n) is 17.5. The van der Waals surface area contributed by atoms with Crippen molar-refractivity contribution in [2.45, 2.75) is 25.4 Å². The zero-order chi connectivity index (χ0) is 22.1. The van der Waals surface area contributed by atoms with Crippen molar-refractivity contribution < 1.29 is 14.3 Å². The molecule has 31 heavy (non-hydrogen) atoms. The minimum absolute atomic E-state index is 0.0680. The first-order valence-corrected chi connectivity index (χ1v) is 11.4. The van der Waals surface area contributed by atoms with Crippen LogP contribution in [0.1, 0.15) is 19.4 Å². The van der Waals surface area contributed by atoms with E-state index < -0.39 is 0 Å². The summed E-state index contributed by atoms with van der Waals surface area (Å²) in [6.45, 7) is 5.55. The van der Waals surface area contributed by atoms with Gasteiger partial charge in [-0.3, -0.25) is 9.36 Å². The lowest BCUT2D eigenvalue weighted by Crippen LogP contribution is -2.27. The van der Waals surface area contributed by atoms with Crippen LogP contribution in [0.5, 0.6) is 11.5 Å². The van der Waals surface area contributed by atoms with Crippen LogP contribution in [-0.2, 0) is 11.2 Å². The van der Waals surface area contributed by atoms with Crippen LogP contribution in [0.4, 0.5) is 0 Å². The Morgan fingerprint density at radius 2 is 1.94 bits per heavy atom. The summed E-state index contributed by atoms with van der Waals surface area (Å²) in [5.74, 6) is 1.63. The minimum atomic E-state index is -0.0680. The quantitative estimate of drug-likeness (QED) is 0.433. The molecular formula is C22H25ClN4O3S. The second-order valence-electron chi connectivity index (χ2n) is 6.50. The molecule has 0 aliphatic carbocycles. The van der Waals surface area contributed by atoms with Gasteiger partial charge in [-0.1, -0.05) is 35.5 Å². The van der Waals surface area contributed by atoms with Crippen LogP contribution in [0, 0.1) is 0 Å². The van der Waals surface area contributed by atoms with Gasteiger partial charge in [0.1, 0.15) is 6.33 Å². The monoisotopic (exact) mass is 460 g/mol. The SMILES string of the molecule is CCOc1ccc(CCNC(=O)CSc2nncn2-c2cccc(Cl)c2)cc1OCC. The van der Waals surface area contributed by atoms with Gasteiger partial charge in [0.15, 0.2) is 16.7 Å². The third kappa shape index (κ3) is 6.63. The van der Waals surface area contributed by atoms with Gasteiger partial charge in [-0.25, -0.2) is 0 Å². The first-order chi connectivity index (χ1) is 15.1. The fourth-order valence-electron chi connectivity index (χ4n) is 2.90. The summed E-state index contributed by atoms with van der Waals surface area (Å²) in [5.41, 5.74) is 1.92. The fourth-order valence-corrected chi connectivity index (χ4v) is 3.85. The summed E-state index contributed by atoms with van der Waals surface area (Å²) < 4.78 is 13.0. The van der Waals surface area contributed by atoms with Crippen LogP contribution in [0.2, 0.25) is 5.02 Å². The molecule has 1 heterocycles. The Morgan fingerprint density at radius 1 is 1.13 bits per heavy atom. The molecular weight excluding hydrogens is 436 g/mol. The summed E-state index contributed by atoms with van der Waals surface area (Å²) in [6, 6.07) is 13.2. The van der Waals surface area contributed by atoms with E-state index in [9.17, 15) is 4.79 Å². The molecule has 0 aliphatic rings. The molecule has 1 amide bonds. The van der Waals surface area contributed by atoms with E-state index in [2.05, 4.69) is 15.5 Å². The van der Waals surface area contributed by atoms with Crippen LogP contribution in [0.15, 0.2) is 53.9 Å². The van der Waals surface area contributed by atoms with Gasteiger partial charge in [-0.05, 0) is 56.2 Å². The largest absolute Gasteiger partial charge is 0.490 e. The summed E-state index contributed by atoms with van der Waals surface area (Å²) in [4.78, 5) is 12.3. The van der Waals surface area contributed by atoms with Crippen molar-refractivity contribution in [2.75, 3.05) is 25.5 Å². The molecule has 0 radical (unpaired) electrons. The molecule has 9 heteroatoms. The normalized spacial score (nSPS) is 10.7. The number of carbonyl (C=O) groups excluding carboxylic acids is 1. The maximum atomic E-state index is 12.3. The summed E-state index contributed by atoms with van der Waals surface area (Å²) in [7, 11) is 0. The molecule has 1 N–H and O–H groups in total. The molecule has 0 saturated carbocycles. The molecule has 0 spiro atoms. The van der Waals surface area contributed by atoms with Crippen molar-refractivity contribution >= 4 is 29.3 Å². The van der Waals surface area contributed by atoms with Crippen LogP contribution < -0.4 is 14.8 Å². The lowest BCUT2D eigenvalue weighted by Gasteiger charge is -2.12. The Balaban J connectivity index is 1.50. The lowest BCUT2D eigenvalue weighted by atomic mass is 10.1. The maximum Gasteiger partial charge on any atom is 0.230 e. The van der Waals surface area contributed by atoms with E-state index in [1.54, 1.807) is 17.0 Å². The molecule has 0 bridgehead atoms. The number of rotatable bonds is 11. The van der Waals surface area contributed by atoms with Crippen molar-refractivity contribution in [3.8, 4) is 17.2 Å². The van der Waals surface area contributed by atoms with E-state index >= 15 is 0 Å². The average molecular weight is 461 g/mol. The van der Waals surface area contributed by atoms with Crippen LogP contribution in [0.3, 0.4) is 0 Å². The average Bonchev–Trinajstić information content (AvgIpc) is 3.23. The second-order valence-corrected chi connectivity index (χ2v) is 7.88. The molecule has 0 fully saturated rings. The summed E-state index contributed by atoms with van der Waals surface area (Å²) in [5, 5.41) is 12.2. The van der Waals surface area contributed by atoms with E-state index in [0.717, 1.165) is 22.7 Å². The number of nitrogens with zero attached hydrogens (tertiary/aromatic N) is 3. The Labute approximate surface area is 191 Å². The highest BCUT2D eigenvalue weighted by Crippen LogP contribution is 2.28. The molecule has 0 saturated heterocycles. The Hall–Kier alpha value is -2.71. The van der Waals surface area contributed by atoms with Gasteiger partial charge in [-0.2, -0.15) is 0 Å². The van der Waals surface area contributed by atoms with E-state index in [1.807, 2.05) is 50.2 Å². The molecule has 164 valence electrons. The standard InChI is InChI=1S/C22H25ClN4O3S/c1-3-29-19-9-8-16(12-20(19)30-4-2)10-11-24-21(28)14-31-22-26-25-15-27(22)18-7-5-6-17(23)13-18/h5-9,12-13,15H,3-4,10-11,14H2,1-2H3,(H,24,28). The topological polar surface area (TPSA) is 78.3 Å². The van der Waals surface area contributed by atoms with Crippen molar-refractivity contribution in [3.63, 3.8) is 0 Å². The number of aromatic nitrogens is 3. The molecule has 1 aromatic heterocycles. The maximum absolute atomic E-state index is 12.3. The number of thioether (sulfide) groups is 1. The number of amides is 1. The smallest absolute Gasteiger partial charge is 0.230 e. The summed E-state index contributed by atoms with van der Waals surface area (Å²) >= 11 is 7.38. The predicted molar refractivity (Wildman–Crippen MR) is 123 cm³/mol. The predicted octanol–water partition coefficient (Wildman–Crippen LogP) is 4.17. The minimum Gasteiger partial charge on any atom is -0.490 e. The molecule has 3 aromatic rings. The number of ether oxygens (including phenoxy) is 2. The lowest BCUT2D eigenvalue weighted by molar-refractivity contribution is -0.118. The highest BCUT2D eigenvalue weighted by Gasteiger charge is 2.11. The molecule has 0 unspecified atom stereocenters. The Morgan fingerprint density at radius 3 is 2.71 bits per heavy atom. The van der Waals surface area contributed by atoms with Crippen molar-refractivity contribution in [2.24, 2.45) is 0 Å². The molecule has 0 aliphatic heterocycles. The first-order valence-electron chi connectivity index (χ1n) is 10.0. The van der Waals surface area contributed by atoms with Gasteiger partial charge < -0.3 is 14.8 Å². The molecule has 3 rings (SSSR count). The van der Waals surface area contributed by atoms with Gasteiger partial charge in [-0.15, -0.1) is 10.2 Å². The van der Waals surface area contributed by atoms with Crippen molar-refractivity contribution in [1.82, 2.24) is 20.1 Å². The van der Waals surface area contributed by atoms with Crippen LogP contribution >= 0.6 is 23.4 Å². The Kier molecular flexibility index (Phi) is 8.61. The number of hydrogen-bond donors (Lipinski definition) is 1. The number of halogens is 1. The number of hydrogen-bond acceptors (Lipinski definition) is 6. The van der Waals surface area contributed by atoms with Gasteiger partial charge >= 0.3 is 0 Å². The number of nitrogens with one attached hydrogen (secondary N) is 1. The second kappa shape index (κ2) is 11.6. The number of benzene rings is 2. The summed E-state index contributed by atoms with van der Waals surface area (Å²) in [6.07, 6.45) is 2.30. The number of carbonyl (C=O) groups is 1. The van der Waals surface area contributed by atoms with E-state index in [1.165, 1.54) is 11.8 Å². The highest BCUT2D eigenvalue weighted by atomic mass is 35.5. The van der Waals surface area contributed by atoms with Crippen LogP contribution in [-0.4, -0.2) is 46.2 Å². The molecule has 0 atom stereocenters. The van der Waals surface area contributed by atoms with Crippen molar-refractivity contribution in [3.05, 3.63) is 59.4 Å². The zero-order valence-corrected chi connectivity index (χ0v) is 19.1. The van der Waals surface area contributed by atoms with Gasteiger partial charge in [0.25, 0.3) is 0 Å². The third-order valence-electron chi connectivity index (χ3n) is 4.28. The van der Waals surface area contributed by atoms with E-state index in [4.69, 9.17) is 21.1 Å². The molecule has 2 aromatic carbocycles.